The first kappa shape index (κ1) is 24.5. The van der Waals surface area contributed by atoms with Crippen molar-refractivity contribution in [2.45, 2.75) is 46.7 Å². The Kier molecular flexibility index (Phi) is 8.29. The third-order valence-electron chi connectivity index (χ3n) is 4.31. The zero-order chi connectivity index (χ0) is 22.5. The maximum atomic E-state index is 14.9. The lowest BCUT2D eigenvalue weighted by molar-refractivity contribution is -0.143. The number of benzene rings is 1. The molecule has 2 nitrogen and oxygen atoms in total. The molecule has 29 heavy (non-hydrogen) atoms. The molecular weight excluding hydrogens is 398 g/mol. The van der Waals surface area contributed by atoms with Gasteiger partial charge in [-0.05, 0) is 62.1 Å². The first-order valence-electron chi connectivity index (χ1n) is 8.75. The molecule has 0 fully saturated rings. The van der Waals surface area contributed by atoms with Crippen molar-refractivity contribution in [1.82, 2.24) is 0 Å². The highest BCUT2D eigenvalue weighted by molar-refractivity contribution is 5.83. The van der Waals surface area contributed by atoms with Crippen molar-refractivity contribution in [3.8, 4) is 0 Å². The normalized spacial score (nSPS) is 13.2. The molecule has 0 saturated heterocycles. The Bertz CT molecular complexity index is 863. The van der Waals surface area contributed by atoms with Gasteiger partial charge in [-0.15, -0.1) is 0 Å². The Balaban J connectivity index is 3.58. The van der Waals surface area contributed by atoms with Gasteiger partial charge in [-0.2, -0.15) is 13.2 Å². The van der Waals surface area contributed by atoms with Crippen molar-refractivity contribution < 1.29 is 35.9 Å². The number of alkyl halides is 3. The number of rotatable bonds is 7. The SMILES string of the molecule is C=C(/C=C(\C(F)=C(/F)CCC(=O)OCC)c1c(C)cc(F)c(C)c1C)C(F)(F)F. The van der Waals surface area contributed by atoms with E-state index in [0.29, 0.717) is 6.08 Å². The standard InChI is InChI=1S/C21H22F6O2/c1-6-29-18(28)8-7-16(22)20(24)15(10-12(3)21(25,26)27)19-11(2)9-17(23)13(4)14(19)5/h9-10H,3,6-8H2,1-2,4-5H3/b15-10-,20-16+. The summed E-state index contributed by atoms with van der Waals surface area (Å²) in [5.41, 5.74) is -1.81. The summed E-state index contributed by atoms with van der Waals surface area (Å²) in [5.74, 6) is -4.38. The van der Waals surface area contributed by atoms with Gasteiger partial charge in [-0.1, -0.05) is 6.58 Å². The van der Waals surface area contributed by atoms with E-state index in [9.17, 15) is 31.1 Å². The maximum absolute atomic E-state index is 14.9. The summed E-state index contributed by atoms with van der Waals surface area (Å²) in [4.78, 5) is 11.4. The van der Waals surface area contributed by atoms with Crippen LogP contribution in [0.3, 0.4) is 0 Å². The topological polar surface area (TPSA) is 26.3 Å². The molecule has 0 heterocycles. The molecule has 0 amide bonds. The van der Waals surface area contributed by atoms with E-state index >= 15 is 0 Å². The van der Waals surface area contributed by atoms with Crippen LogP contribution in [0.4, 0.5) is 26.3 Å². The van der Waals surface area contributed by atoms with Crippen LogP contribution in [-0.2, 0) is 9.53 Å². The highest BCUT2D eigenvalue weighted by atomic mass is 19.4. The summed E-state index contributed by atoms with van der Waals surface area (Å²) in [7, 11) is 0. The second-order valence-electron chi connectivity index (χ2n) is 6.41. The fourth-order valence-corrected chi connectivity index (χ4v) is 2.65. The van der Waals surface area contributed by atoms with Gasteiger partial charge >= 0.3 is 12.1 Å². The summed E-state index contributed by atoms with van der Waals surface area (Å²) >= 11 is 0. The summed E-state index contributed by atoms with van der Waals surface area (Å²) in [5, 5.41) is 0. The molecule has 0 radical (unpaired) electrons. The monoisotopic (exact) mass is 420 g/mol. The van der Waals surface area contributed by atoms with Crippen molar-refractivity contribution in [2.24, 2.45) is 0 Å². The Morgan fingerprint density at radius 3 is 2.24 bits per heavy atom. The number of carbonyl (C=O) groups is 1. The largest absolute Gasteiger partial charge is 0.466 e. The molecule has 0 aromatic heterocycles. The minimum Gasteiger partial charge on any atom is -0.466 e. The van der Waals surface area contributed by atoms with Crippen molar-refractivity contribution in [1.29, 1.82) is 0 Å². The van der Waals surface area contributed by atoms with Crippen LogP contribution in [0, 0.1) is 26.6 Å². The molecule has 1 aromatic rings. The molecule has 0 saturated carbocycles. The van der Waals surface area contributed by atoms with Crippen molar-refractivity contribution in [2.75, 3.05) is 6.61 Å². The number of esters is 1. The van der Waals surface area contributed by atoms with Crippen LogP contribution in [0.15, 0.2) is 35.9 Å². The number of ether oxygens (including phenoxy) is 1. The number of hydrogen-bond donors (Lipinski definition) is 0. The zero-order valence-corrected chi connectivity index (χ0v) is 16.6. The second-order valence-corrected chi connectivity index (χ2v) is 6.41. The Hall–Kier alpha value is -2.51. The number of allylic oxidation sites excluding steroid dienone is 5. The number of aryl methyl sites for hydroxylation is 1. The van der Waals surface area contributed by atoms with Crippen molar-refractivity contribution in [3.05, 3.63) is 64.0 Å². The lowest BCUT2D eigenvalue weighted by atomic mass is 9.90. The van der Waals surface area contributed by atoms with Crippen LogP contribution >= 0.6 is 0 Å². The Morgan fingerprint density at radius 1 is 1.14 bits per heavy atom. The molecule has 0 N–H and O–H groups in total. The van der Waals surface area contributed by atoms with Gasteiger partial charge in [-0.25, -0.2) is 13.2 Å². The van der Waals surface area contributed by atoms with E-state index in [0.717, 1.165) is 6.07 Å². The highest BCUT2D eigenvalue weighted by Gasteiger charge is 2.32. The molecule has 0 aliphatic rings. The van der Waals surface area contributed by atoms with Crippen LogP contribution in [0.25, 0.3) is 5.57 Å². The van der Waals surface area contributed by atoms with Crippen LogP contribution in [0.2, 0.25) is 0 Å². The smallest absolute Gasteiger partial charge is 0.415 e. The first-order valence-corrected chi connectivity index (χ1v) is 8.75. The quantitative estimate of drug-likeness (QED) is 0.277. The minimum absolute atomic E-state index is 0.0520. The van der Waals surface area contributed by atoms with Crippen LogP contribution in [-0.4, -0.2) is 18.8 Å². The van der Waals surface area contributed by atoms with E-state index in [1.165, 1.54) is 27.7 Å². The van der Waals surface area contributed by atoms with Gasteiger partial charge < -0.3 is 4.74 Å². The summed E-state index contributed by atoms with van der Waals surface area (Å²) in [6.07, 6.45) is -5.67. The van der Waals surface area contributed by atoms with Crippen LogP contribution in [0.1, 0.15) is 42.0 Å². The van der Waals surface area contributed by atoms with Crippen molar-refractivity contribution in [3.63, 3.8) is 0 Å². The van der Waals surface area contributed by atoms with Gasteiger partial charge in [-0.3, -0.25) is 4.79 Å². The molecule has 8 heteroatoms. The molecule has 160 valence electrons. The predicted molar refractivity (Wildman–Crippen MR) is 98.9 cm³/mol. The molecule has 0 atom stereocenters. The molecule has 1 aromatic carbocycles. The van der Waals surface area contributed by atoms with Gasteiger partial charge in [0.1, 0.15) is 11.6 Å². The number of halogens is 6. The molecule has 0 unspecified atom stereocenters. The fraction of sp³-hybridized carbons (Fsp3) is 0.381. The highest BCUT2D eigenvalue weighted by Crippen LogP contribution is 2.38. The second kappa shape index (κ2) is 9.80. The Morgan fingerprint density at radius 2 is 1.72 bits per heavy atom. The van der Waals surface area contributed by atoms with Crippen LogP contribution in [0.5, 0.6) is 0 Å². The van der Waals surface area contributed by atoms with Crippen molar-refractivity contribution >= 4 is 11.5 Å². The van der Waals surface area contributed by atoms with E-state index in [1.54, 1.807) is 0 Å². The fourth-order valence-electron chi connectivity index (χ4n) is 2.65. The zero-order valence-electron chi connectivity index (χ0n) is 16.6. The minimum atomic E-state index is -4.87. The third kappa shape index (κ3) is 6.24. The molecule has 0 aliphatic heterocycles. The average molecular weight is 420 g/mol. The maximum Gasteiger partial charge on any atom is 0.415 e. The summed E-state index contributed by atoms with van der Waals surface area (Å²) in [6.45, 7) is 8.61. The van der Waals surface area contributed by atoms with E-state index in [4.69, 9.17) is 0 Å². The van der Waals surface area contributed by atoms with Gasteiger partial charge in [0.05, 0.1) is 13.0 Å². The van der Waals surface area contributed by atoms with E-state index in [1.807, 2.05) is 0 Å². The van der Waals surface area contributed by atoms with Gasteiger partial charge in [0, 0.05) is 17.6 Å². The number of carbonyl (C=O) groups excluding carboxylic acids is 1. The summed E-state index contributed by atoms with van der Waals surface area (Å²) < 4.78 is 86.8. The third-order valence-corrected chi connectivity index (χ3v) is 4.31. The molecule has 1 rings (SSSR count). The number of hydrogen-bond acceptors (Lipinski definition) is 2. The van der Waals surface area contributed by atoms with Crippen LogP contribution < -0.4 is 0 Å². The first-order chi connectivity index (χ1) is 13.3. The summed E-state index contributed by atoms with van der Waals surface area (Å²) in [6, 6.07) is 1.03. The van der Waals surface area contributed by atoms with Gasteiger partial charge in [0.25, 0.3) is 0 Å². The Labute approximate surface area is 165 Å². The molecule has 0 spiro atoms. The average Bonchev–Trinajstić information content (AvgIpc) is 2.62. The lowest BCUT2D eigenvalue weighted by Gasteiger charge is -2.17. The van der Waals surface area contributed by atoms with E-state index in [2.05, 4.69) is 11.3 Å². The van der Waals surface area contributed by atoms with E-state index in [-0.39, 0.29) is 28.9 Å². The van der Waals surface area contributed by atoms with Gasteiger partial charge in [0.15, 0.2) is 5.83 Å². The molecular formula is C21H22F6O2. The lowest BCUT2D eigenvalue weighted by Crippen LogP contribution is -2.10. The molecule has 0 aliphatic carbocycles. The predicted octanol–water partition coefficient (Wildman–Crippen LogP) is 6.75. The van der Waals surface area contributed by atoms with E-state index < -0.39 is 53.6 Å². The molecule has 0 bridgehead atoms. The van der Waals surface area contributed by atoms with Gasteiger partial charge in [0.2, 0.25) is 0 Å².